The molecule has 0 radical (unpaired) electrons. The first-order valence-electron chi connectivity index (χ1n) is 7.78. The van der Waals surface area contributed by atoms with E-state index in [2.05, 4.69) is 6.92 Å². The Bertz CT molecular complexity index is 418. The molecule has 0 spiro atoms. The minimum absolute atomic E-state index is 0.155. The number of piperidine rings is 1. The molecule has 1 heterocycles. The normalized spacial score (nSPS) is 20.5. The van der Waals surface area contributed by atoms with Crippen molar-refractivity contribution >= 4 is 5.91 Å². The molecule has 0 bridgehead atoms. The largest absolute Gasteiger partial charge is 0.481 e. The maximum Gasteiger partial charge on any atom is 0.263 e. The maximum atomic E-state index is 12.7. The van der Waals surface area contributed by atoms with E-state index in [1.807, 2.05) is 42.2 Å². The lowest BCUT2D eigenvalue weighted by Gasteiger charge is -2.37. The van der Waals surface area contributed by atoms with Crippen molar-refractivity contribution in [3.05, 3.63) is 30.3 Å². The van der Waals surface area contributed by atoms with Crippen LogP contribution in [-0.4, -0.2) is 29.5 Å². The van der Waals surface area contributed by atoms with Crippen LogP contribution in [0.4, 0.5) is 0 Å². The number of hydrogen-bond acceptors (Lipinski definition) is 2. The van der Waals surface area contributed by atoms with Crippen molar-refractivity contribution in [1.82, 2.24) is 4.90 Å². The lowest BCUT2D eigenvalue weighted by atomic mass is 9.99. The van der Waals surface area contributed by atoms with Gasteiger partial charge in [0, 0.05) is 12.6 Å². The molecule has 110 valence electrons. The van der Waals surface area contributed by atoms with E-state index in [1.165, 1.54) is 6.42 Å². The lowest BCUT2D eigenvalue weighted by Crippen LogP contribution is -2.49. The van der Waals surface area contributed by atoms with Gasteiger partial charge in [0.25, 0.3) is 5.91 Å². The number of carbonyl (C=O) groups is 1. The van der Waals surface area contributed by atoms with Gasteiger partial charge in [0.15, 0.2) is 6.10 Å². The maximum absolute atomic E-state index is 12.7. The van der Waals surface area contributed by atoms with Gasteiger partial charge in [0.2, 0.25) is 0 Å². The Balaban J connectivity index is 2.04. The molecule has 2 atom stereocenters. The van der Waals surface area contributed by atoms with Crippen LogP contribution < -0.4 is 4.74 Å². The van der Waals surface area contributed by atoms with Crippen molar-refractivity contribution in [1.29, 1.82) is 0 Å². The van der Waals surface area contributed by atoms with Crippen LogP contribution in [0.25, 0.3) is 0 Å². The van der Waals surface area contributed by atoms with Gasteiger partial charge in [-0.05, 0) is 44.2 Å². The molecule has 2 unspecified atom stereocenters. The molecule has 1 aliphatic heterocycles. The number of amides is 1. The molecule has 20 heavy (non-hydrogen) atoms. The van der Waals surface area contributed by atoms with Gasteiger partial charge in [-0.2, -0.15) is 0 Å². The summed E-state index contributed by atoms with van der Waals surface area (Å²) in [4.78, 5) is 14.7. The fourth-order valence-electron chi connectivity index (χ4n) is 2.87. The number of carbonyl (C=O) groups excluding carboxylic acids is 1. The first kappa shape index (κ1) is 14.9. The molecule has 1 aliphatic rings. The average Bonchev–Trinajstić information content (AvgIpc) is 2.53. The lowest BCUT2D eigenvalue weighted by molar-refractivity contribution is -0.142. The molecule has 0 N–H and O–H groups in total. The third-order valence-electron chi connectivity index (χ3n) is 4.05. The summed E-state index contributed by atoms with van der Waals surface area (Å²) >= 11 is 0. The first-order chi connectivity index (χ1) is 9.76. The summed E-state index contributed by atoms with van der Waals surface area (Å²) < 4.78 is 5.88. The number of rotatable bonds is 5. The predicted molar refractivity (Wildman–Crippen MR) is 80.8 cm³/mol. The zero-order valence-corrected chi connectivity index (χ0v) is 12.5. The Labute approximate surface area is 121 Å². The third-order valence-corrected chi connectivity index (χ3v) is 4.05. The quantitative estimate of drug-likeness (QED) is 0.821. The molecule has 1 saturated heterocycles. The molecule has 2 rings (SSSR count). The first-order valence-corrected chi connectivity index (χ1v) is 7.78. The SMILES string of the molecule is CCC(Oc1ccccc1)C(=O)N1CCCCC1CC. The predicted octanol–water partition coefficient (Wildman–Crippen LogP) is 3.64. The van der Waals surface area contributed by atoms with Gasteiger partial charge in [-0.25, -0.2) is 0 Å². The second-order valence-corrected chi connectivity index (χ2v) is 5.42. The van der Waals surface area contributed by atoms with E-state index < -0.39 is 0 Å². The van der Waals surface area contributed by atoms with Crippen molar-refractivity contribution in [3.63, 3.8) is 0 Å². The van der Waals surface area contributed by atoms with E-state index in [1.54, 1.807) is 0 Å². The third kappa shape index (κ3) is 3.53. The van der Waals surface area contributed by atoms with E-state index >= 15 is 0 Å². The van der Waals surface area contributed by atoms with Gasteiger partial charge in [0.05, 0.1) is 0 Å². The average molecular weight is 275 g/mol. The van der Waals surface area contributed by atoms with Gasteiger partial charge < -0.3 is 9.64 Å². The van der Waals surface area contributed by atoms with Crippen LogP contribution in [0.2, 0.25) is 0 Å². The van der Waals surface area contributed by atoms with Gasteiger partial charge >= 0.3 is 0 Å². The number of nitrogens with zero attached hydrogens (tertiary/aromatic N) is 1. The van der Waals surface area contributed by atoms with Crippen molar-refractivity contribution < 1.29 is 9.53 Å². The molecule has 3 nitrogen and oxygen atoms in total. The van der Waals surface area contributed by atoms with E-state index in [-0.39, 0.29) is 12.0 Å². The number of hydrogen-bond donors (Lipinski definition) is 0. The minimum Gasteiger partial charge on any atom is -0.481 e. The monoisotopic (exact) mass is 275 g/mol. The number of benzene rings is 1. The Morgan fingerprint density at radius 1 is 1.30 bits per heavy atom. The van der Waals surface area contributed by atoms with Crippen molar-refractivity contribution in [2.24, 2.45) is 0 Å². The second kappa shape index (κ2) is 7.32. The van der Waals surface area contributed by atoms with Crippen molar-refractivity contribution in [2.45, 2.75) is 58.1 Å². The Kier molecular flexibility index (Phi) is 5.45. The van der Waals surface area contributed by atoms with E-state index in [0.717, 1.165) is 31.6 Å². The zero-order valence-electron chi connectivity index (χ0n) is 12.5. The molecule has 1 aromatic rings. The molecule has 3 heteroatoms. The minimum atomic E-state index is -0.357. The van der Waals surface area contributed by atoms with Gasteiger partial charge in [-0.1, -0.05) is 32.0 Å². The van der Waals surface area contributed by atoms with Gasteiger partial charge in [-0.15, -0.1) is 0 Å². The topological polar surface area (TPSA) is 29.5 Å². The Hall–Kier alpha value is -1.51. The summed E-state index contributed by atoms with van der Waals surface area (Å²) in [5.41, 5.74) is 0. The summed E-state index contributed by atoms with van der Waals surface area (Å²) in [5.74, 6) is 0.931. The fourth-order valence-corrected chi connectivity index (χ4v) is 2.87. The number of likely N-dealkylation sites (tertiary alicyclic amines) is 1. The van der Waals surface area contributed by atoms with Crippen LogP contribution in [-0.2, 0) is 4.79 Å². The molecule has 0 aliphatic carbocycles. The van der Waals surface area contributed by atoms with Crippen molar-refractivity contribution in [3.8, 4) is 5.75 Å². The van der Waals surface area contributed by atoms with Crippen LogP contribution in [0.3, 0.4) is 0 Å². The molecule has 0 aromatic heterocycles. The highest BCUT2D eigenvalue weighted by Crippen LogP contribution is 2.22. The van der Waals surface area contributed by atoms with Crippen LogP contribution >= 0.6 is 0 Å². The molecule has 1 amide bonds. The van der Waals surface area contributed by atoms with Crippen molar-refractivity contribution in [2.75, 3.05) is 6.54 Å². The van der Waals surface area contributed by atoms with Gasteiger partial charge in [-0.3, -0.25) is 4.79 Å². The highest BCUT2D eigenvalue weighted by molar-refractivity contribution is 5.81. The summed E-state index contributed by atoms with van der Waals surface area (Å²) in [6.45, 7) is 5.05. The summed E-state index contributed by atoms with van der Waals surface area (Å²) in [6.07, 6.45) is 4.87. The summed E-state index contributed by atoms with van der Waals surface area (Å²) in [6, 6.07) is 10.0. The highest BCUT2D eigenvalue weighted by atomic mass is 16.5. The molecule has 1 aromatic carbocycles. The molecular weight excluding hydrogens is 250 g/mol. The van der Waals surface area contributed by atoms with E-state index in [9.17, 15) is 4.79 Å². The molecule has 1 fully saturated rings. The summed E-state index contributed by atoms with van der Waals surface area (Å²) in [7, 11) is 0. The smallest absolute Gasteiger partial charge is 0.263 e. The molecular formula is C17H25NO2. The van der Waals surface area contributed by atoms with Crippen LogP contribution in [0.15, 0.2) is 30.3 Å². The molecule has 0 saturated carbocycles. The van der Waals surface area contributed by atoms with Crippen LogP contribution in [0, 0.1) is 0 Å². The number of para-hydroxylation sites is 1. The second-order valence-electron chi connectivity index (χ2n) is 5.42. The van der Waals surface area contributed by atoms with Crippen LogP contribution in [0.1, 0.15) is 46.0 Å². The Morgan fingerprint density at radius 2 is 2.05 bits per heavy atom. The number of ether oxygens (including phenoxy) is 1. The van der Waals surface area contributed by atoms with E-state index in [4.69, 9.17) is 4.74 Å². The zero-order chi connectivity index (χ0) is 14.4. The Morgan fingerprint density at radius 3 is 2.70 bits per heavy atom. The summed E-state index contributed by atoms with van der Waals surface area (Å²) in [5, 5.41) is 0. The van der Waals surface area contributed by atoms with E-state index in [0.29, 0.717) is 12.5 Å². The highest BCUT2D eigenvalue weighted by Gasteiger charge is 2.30. The fraction of sp³-hybridized carbons (Fsp3) is 0.588. The van der Waals surface area contributed by atoms with Gasteiger partial charge in [0.1, 0.15) is 5.75 Å². The standard InChI is InChI=1S/C17H25NO2/c1-3-14-10-8-9-13-18(14)17(19)16(4-2)20-15-11-6-5-7-12-15/h5-7,11-12,14,16H,3-4,8-10,13H2,1-2H3. The van der Waals surface area contributed by atoms with Crippen LogP contribution in [0.5, 0.6) is 5.75 Å².